The third-order valence-corrected chi connectivity index (χ3v) is 12.6. The molecule has 0 saturated heterocycles. The lowest BCUT2D eigenvalue weighted by Crippen LogP contribution is -2.28. The van der Waals surface area contributed by atoms with Gasteiger partial charge in [-0.05, 0) is 104 Å². The maximum Gasteiger partial charge on any atom is 0.0714 e. The van der Waals surface area contributed by atoms with Crippen LogP contribution < -0.4 is 4.90 Å². The van der Waals surface area contributed by atoms with E-state index in [9.17, 15) is 0 Å². The van der Waals surface area contributed by atoms with Crippen LogP contribution in [0.25, 0.3) is 53.2 Å². The molecular formula is C53H35NS. The first kappa shape index (κ1) is 31.8. The van der Waals surface area contributed by atoms with E-state index >= 15 is 0 Å². The van der Waals surface area contributed by atoms with Gasteiger partial charge in [-0.1, -0.05) is 164 Å². The van der Waals surface area contributed by atoms with E-state index < -0.39 is 5.41 Å². The zero-order chi connectivity index (χ0) is 36.3. The van der Waals surface area contributed by atoms with Crippen LogP contribution in [0.5, 0.6) is 0 Å². The van der Waals surface area contributed by atoms with Gasteiger partial charge < -0.3 is 4.90 Å². The fraction of sp³-hybridized carbons (Fsp3) is 0.0189. The molecule has 0 unspecified atom stereocenters. The Morgan fingerprint density at radius 2 is 0.982 bits per heavy atom. The molecule has 1 aliphatic rings. The zero-order valence-corrected chi connectivity index (χ0v) is 30.9. The lowest BCUT2D eigenvalue weighted by molar-refractivity contribution is 0.768. The second-order valence-corrected chi connectivity index (χ2v) is 15.5. The molecule has 0 atom stereocenters. The van der Waals surface area contributed by atoms with Crippen molar-refractivity contribution in [2.75, 3.05) is 4.90 Å². The lowest BCUT2D eigenvalue weighted by Gasteiger charge is -2.35. The van der Waals surface area contributed by atoms with Gasteiger partial charge in [0.05, 0.1) is 5.41 Å². The first-order chi connectivity index (χ1) is 27.3. The third-order valence-electron chi connectivity index (χ3n) is 11.5. The smallest absolute Gasteiger partial charge is 0.0714 e. The molecule has 1 aliphatic carbocycles. The summed E-state index contributed by atoms with van der Waals surface area (Å²) in [5, 5.41) is 5.24. The normalized spacial score (nSPS) is 12.9. The van der Waals surface area contributed by atoms with Crippen molar-refractivity contribution in [2.24, 2.45) is 0 Å². The van der Waals surface area contributed by atoms with Crippen molar-refractivity contribution < 1.29 is 0 Å². The highest BCUT2D eigenvalue weighted by Gasteiger charge is 2.46. The molecule has 11 rings (SSSR count). The van der Waals surface area contributed by atoms with Gasteiger partial charge in [0.2, 0.25) is 0 Å². The number of anilines is 3. The van der Waals surface area contributed by atoms with Gasteiger partial charge in [-0.15, -0.1) is 11.3 Å². The minimum absolute atomic E-state index is 0.480. The average molecular weight is 718 g/mol. The largest absolute Gasteiger partial charge is 0.310 e. The number of hydrogen-bond acceptors (Lipinski definition) is 2. The fourth-order valence-electron chi connectivity index (χ4n) is 9.24. The van der Waals surface area contributed by atoms with E-state index in [1.54, 1.807) is 0 Å². The van der Waals surface area contributed by atoms with E-state index in [1.165, 1.54) is 75.5 Å². The van der Waals surface area contributed by atoms with Crippen LogP contribution in [0.2, 0.25) is 0 Å². The predicted molar refractivity (Wildman–Crippen MR) is 234 cm³/mol. The van der Waals surface area contributed by atoms with Crippen LogP contribution in [0.15, 0.2) is 212 Å². The number of rotatable bonds is 6. The Kier molecular flexibility index (Phi) is 7.33. The quantitative estimate of drug-likeness (QED) is 0.166. The molecule has 1 heterocycles. The Balaban J connectivity index is 1.15. The fourth-order valence-corrected chi connectivity index (χ4v) is 10.4. The van der Waals surface area contributed by atoms with Gasteiger partial charge in [0, 0.05) is 37.2 Å². The maximum absolute atomic E-state index is 2.45. The van der Waals surface area contributed by atoms with Crippen LogP contribution in [-0.4, -0.2) is 0 Å². The van der Waals surface area contributed by atoms with Gasteiger partial charge in [-0.2, -0.15) is 0 Å². The van der Waals surface area contributed by atoms with Gasteiger partial charge in [-0.3, -0.25) is 0 Å². The van der Waals surface area contributed by atoms with Gasteiger partial charge >= 0.3 is 0 Å². The molecule has 9 aromatic carbocycles. The molecule has 0 bridgehead atoms. The molecule has 0 amide bonds. The van der Waals surface area contributed by atoms with E-state index in [0.717, 1.165) is 17.1 Å². The van der Waals surface area contributed by atoms with Crippen LogP contribution in [0.4, 0.5) is 17.1 Å². The minimum Gasteiger partial charge on any atom is -0.310 e. The number of nitrogens with zero attached hydrogens (tertiary/aromatic N) is 1. The molecule has 0 aliphatic heterocycles. The second kappa shape index (κ2) is 12.7. The summed E-state index contributed by atoms with van der Waals surface area (Å²) in [4.78, 5) is 2.42. The number of thiophene rings is 1. The summed E-state index contributed by atoms with van der Waals surface area (Å²) >= 11 is 1.88. The summed E-state index contributed by atoms with van der Waals surface area (Å²) in [6, 6.07) is 78.2. The van der Waals surface area contributed by atoms with Gasteiger partial charge in [0.25, 0.3) is 0 Å². The molecule has 1 aromatic heterocycles. The molecule has 1 nitrogen and oxygen atoms in total. The molecule has 0 N–H and O–H groups in total. The number of hydrogen-bond donors (Lipinski definition) is 0. The van der Waals surface area contributed by atoms with Crippen LogP contribution in [0.3, 0.4) is 0 Å². The molecule has 0 saturated carbocycles. The van der Waals surface area contributed by atoms with Crippen molar-refractivity contribution in [1.82, 2.24) is 0 Å². The van der Waals surface area contributed by atoms with Crippen molar-refractivity contribution in [3.63, 3.8) is 0 Å². The molecular weight excluding hydrogens is 683 g/mol. The topological polar surface area (TPSA) is 3.24 Å². The average Bonchev–Trinajstić information content (AvgIpc) is 3.79. The zero-order valence-electron chi connectivity index (χ0n) is 30.1. The predicted octanol–water partition coefficient (Wildman–Crippen LogP) is 14.7. The van der Waals surface area contributed by atoms with Crippen LogP contribution >= 0.6 is 11.3 Å². The second-order valence-electron chi connectivity index (χ2n) is 14.4. The third kappa shape index (κ3) is 4.85. The Hall–Kier alpha value is -6.74. The summed E-state index contributed by atoms with van der Waals surface area (Å²) in [5.41, 5.74) is 13.0. The first-order valence-corrected chi connectivity index (χ1v) is 19.7. The highest BCUT2D eigenvalue weighted by atomic mass is 32.1. The van der Waals surface area contributed by atoms with Crippen molar-refractivity contribution in [1.29, 1.82) is 0 Å². The van der Waals surface area contributed by atoms with Gasteiger partial charge in [-0.25, -0.2) is 0 Å². The first-order valence-electron chi connectivity index (χ1n) is 18.9. The molecule has 0 spiro atoms. The minimum atomic E-state index is -0.480. The monoisotopic (exact) mass is 717 g/mol. The molecule has 10 aromatic rings. The van der Waals surface area contributed by atoms with Crippen LogP contribution in [0, 0.1) is 0 Å². The number of para-hydroxylation sites is 1. The Bertz CT molecular complexity index is 3000. The van der Waals surface area contributed by atoms with Gasteiger partial charge in [0.15, 0.2) is 0 Å². The van der Waals surface area contributed by atoms with Crippen molar-refractivity contribution in [3.8, 4) is 22.3 Å². The number of benzene rings is 9. The molecule has 258 valence electrons. The Morgan fingerprint density at radius 3 is 1.78 bits per heavy atom. The molecule has 0 fully saturated rings. The van der Waals surface area contributed by atoms with E-state index in [0.29, 0.717) is 0 Å². The standard InChI is InChI=1S/C53H35NS/c1-4-18-38(19-5-1)53(39-20-6-2-7-21-39)47-28-12-10-25-44(47)45-32-31-42(35-48(45)53)54(40-22-8-3-9-23-40)41-24-14-17-37(34-41)43-27-15-16-36-30-33-50-52(51(36)43)46-26-11-13-29-49(46)55-50/h1-35H. The lowest BCUT2D eigenvalue weighted by atomic mass is 9.67. The van der Waals surface area contributed by atoms with Crippen LogP contribution in [-0.2, 0) is 5.41 Å². The molecule has 55 heavy (non-hydrogen) atoms. The van der Waals surface area contributed by atoms with Crippen molar-refractivity contribution >= 4 is 59.3 Å². The van der Waals surface area contributed by atoms with E-state index in [-0.39, 0.29) is 0 Å². The molecule has 2 heteroatoms. The van der Waals surface area contributed by atoms with E-state index in [2.05, 4.69) is 217 Å². The van der Waals surface area contributed by atoms with E-state index in [1.807, 2.05) is 11.3 Å². The highest BCUT2D eigenvalue weighted by molar-refractivity contribution is 7.26. The van der Waals surface area contributed by atoms with Gasteiger partial charge in [0.1, 0.15) is 0 Å². The number of fused-ring (bicyclic) bond motifs is 8. The summed E-state index contributed by atoms with van der Waals surface area (Å²) < 4.78 is 2.65. The summed E-state index contributed by atoms with van der Waals surface area (Å²) in [6.45, 7) is 0. The maximum atomic E-state index is 2.45. The highest BCUT2D eigenvalue weighted by Crippen LogP contribution is 2.57. The van der Waals surface area contributed by atoms with Crippen molar-refractivity contribution in [2.45, 2.75) is 5.41 Å². The SMILES string of the molecule is c1ccc(N(c2cccc(-c3cccc4ccc5sc6ccccc6c5c34)c2)c2ccc3c(c2)C(c2ccccc2)(c2ccccc2)c2ccccc2-3)cc1. The Labute approximate surface area is 325 Å². The van der Waals surface area contributed by atoms with Crippen molar-refractivity contribution in [3.05, 3.63) is 235 Å². The summed E-state index contributed by atoms with van der Waals surface area (Å²) in [6.07, 6.45) is 0. The van der Waals surface area contributed by atoms with Crippen LogP contribution in [0.1, 0.15) is 22.3 Å². The Morgan fingerprint density at radius 1 is 0.364 bits per heavy atom. The summed E-state index contributed by atoms with van der Waals surface area (Å²) in [7, 11) is 0. The van der Waals surface area contributed by atoms with E-state index in [4.69, 9.17) is 0 Å². The molecule has 0 radical (unpaired) electrons. The summed E-state index contributed by atoms with van der Waals surface area (Å²) in [5.74, 6) is 0.